The topological polar surface area (TPSA) is 52.7 Å². The minimum absolute atomic E-state index is 0.678. The molecular formula is C16H17ClN4. The molecule has 1 aromatic carbocycles. The normalized spacial score (nSPS) is 11.0. The van der Waals surface area contributed by atoms with Gasteiger partial charge in [-0.1, -0.05) is 17.7 Å². The summed E-state index contributed by atoms with van der Waals surface area (Å²) in [6.45, 7) is 2.75. The number of aromatic amines is 1. The van der Waals surface area contributed by atoms with E-state index in [1.165, 1.54) is 10.9 Å². The van der Waals surface area contributed by atoms with Crippen molar-refractivity contribution in [1.29, 1.82) is 0 Å². The van der Waals surface area contributed by atoms with E-state index in [-0.39, 0.29) is 0 Å². The van der Waals surface area contributed by atoms with E-state index in [2.05, 4.69) is 38.8 Å². The Hall–Kier alpha value is -2.04. The van der Waals surface area contributed by atoms with Gasteiger partial charge >= 0.3 is 0 Å². The van der Waals surface area contributed by atoms with Gasteiger partial charge in [-0.25, -0.2) is 4.98 Å². The van der Waals surface area contributed by atoms with E-state index in [1.807, 2.05) is 32.3 Å². The quantitative estimate of drug-likeness (QED) is 0.683. The molecule has 5 heteroatoms. The summed E-state index contributed by atoms with van der Waals surface area (Å²) in [5.74, 6) is 0.790. The van der Waals surface area contributed by atoms with Crippen LogP contribution in [0.3, 0.4) is 0 Å². The predicted molar refractivity (Wildman–Crippen MR) is 88.3 cm³/mol. The molecule has 2 heterocycles. The van der Waals surface area contributed by atoms with Crippen LogP contribution in [0.2, 0.25) is 5.02 Å². The van der Waals surface area contributed by atoms with E-state index in [0.717, 1.165) is 29.3 Å². The number of rotatable bonds is 4. The molecule has 0 spiro atoms. The minimum Gasteiger partial charge on any atom is -0.361 e. The van der Waals surface area contributed by atoms with Crippen LogP contribution in [0.15, 0.2) is 36.5 Å². The maximum atomic E-state index is 5.99. The SMILES string of the molecule is CNCc1c[nH]c2cc(Nc3ccc(Cl)c(C)n3)ccc12. The molecule has 0 radical (unpaired) electrons. The maximum absolute atomic E-state index is 5.99. The molecule has 0 aliphatic heterocycles. The highest BCUT2D eigenvalue weighted by atomic mass is 35.5. The van der Waals surface area contributed by atoms with Gasteiger partial charge in [0.2, 0.25) is 0 Å². The number of aryl methyl sites for hydroxylation is 1. The van der Waals surface area contributed by atoms with Gasteiger partial charge in [0.15, 0.2) is 0 Å². The Balaban J connectivity index is 1.89. The average Bonchev–Trinajstić information content (AvgIpc) is 2.86. The van der Waals surface area contributed by atoms with Crippen molar-refractivity contribution in [2.45, 2.75) is 13.5 Å². The molecule has 0 aliphatic rings. The first-order valence-corrected chi connectivity index (χ1v) is 7.20. The summed E-state index contributed by atoms with van der Waals surface area (Å²) in [7, 11) is 1.95. The molecule has 0 bridgehead atoms. The first kappa shape index (κ1) is 13.9. The van der Waals surface area contributed by atoms with Gasteiger partial charge in [-0.3, -0.25) is 0 Å². The summed E-state index contributed by atoms with van der Waals surface area (Å²) < 4.78 is 0. The number of hydrogen-bond donors (Lipinski definition) is 3. The number of nitrogens with zero attached hydrogens (tertiary/aromatic N) is 1. The molecule has 0 aliphatic carbocycles. The smallest absolute Gasteiger partial charge is 0.130 e. The van der Waals surface area contributed by atoms with Gasteiger partial charge in [0, 0.05) is 29.3 Å². The number of fused-ring (bicyclic) bond motifs is 1. The maximum Gasteiger partial charge on any atom is 0.130 e. The molecule has 3 N–H and O–H groups in total. The fourth-order valence-corrected chi connectivity index (χ4v) is 2.47. The molecule has 0 atom stereocenters. The highest BCUT2D eigenvalue weighted by Crippen LogP contribution is 2.24. The van der Waals surface area contributed by atoms with Crippen molar-refractivity contribution in [3.63, 3.8) is 0 Å². The van der Waals surface area contributed by atoms with E-state index in [0.29, 0.717) is 5.02 Å². The second-order valence-electron chi connectivity index (χ2n) is 4.99. The van der Waals surface area contributed by atoms with Crippen molar-refractivity contribution in [2.75, 3.05) is 12.4 Å². The van der Waals surface area contributed by atoms with Crippen LogP contribution in [-0.2, 0) is 6.54 Å². The molecule has 0 saturated heterocycles. The zero-order valence-electron chi connectivity index (χ0n) is 12.0. The Morgan fingerprint density at radius 2 is 2.10 bits per heavy atom. The molecule has 2 aromatic heterocycles. The zero-order chi connectivity index (χ0) is 14.8. The van der Waals surface area contributed by atoms with Crippen LogP contribution in [0.4, 0.5) is 11.5 Å². The number of benzene rings is 1. The van der Waals surface area contributed by atoms with Gasteiger partial charge < -0.3 is 15.6 Å². The zero-order valence-corrected chi connectivity index (χ0v) is 12.8. The van der Waals surface area contributed by atoms with Gasteiger partial charge in [-0.15, -0.1) is 0 Å². The summed E-state index contributed by atoms with van der Waals surface area (Å²) in [4.78, 5) is 7.72. The second kappa shape index (κ2) is 5.76. The van der Waals surface area contributed by atoms with Crippen LogP contribution < -0.4 is 10.6 Å². The van der Waals surface area contributed by atoms with Crippen molar-refractivity contribution < 1.29 is 0 Å². The third-order valence-electron chi connectivity index (χ3n) is 3.43. The number of pyridine rings is 1. The predicted octanol–water partition coefficient (Wildman–Crippen LogP) is 3.99. The Morgan fingerprint density at radius 3 is 2.86 bits per heavy atom. The van der Waals surface area contributed by atoms with Crippen LogP contribution >= 0.6 is 11.6 Å². The molecule has 3 aromatic rings. The van der Waals surface area contributed by atoms with Crippen molar-refractivity contribution in [2.24, 2.45) is 0 Å². The monoisotopic (exact) mass is 300 g/mol. The van der Waals surface area contributed by atoms with Crippen molar-refractivity contribution in [1.82, 2.24) is 15.3 Å². The number of halogens is 1. The number of nitrogens with one attached hydrogen (secondary N) is 3. The summed E-state index contributed by atoms with van der Waals surface area (Å²) in [6.07, 6.45) is 2.04. The summed E-state index contributed by atoms with van der Waals surface area (Å²) in [6, 6.07) is 9.98. The first-order valence-electron chi connectivity index (χ1n) is 6.82. The lowest BCUT2D eigenvalue weighted by Gasteiger charge is -2.07. The molecular weight excluding hydrogens is 284 g/mol. The molecule has 4 nitrogen and oxygen atoms in total. The summed E-state index contributed by atoms with van der Waals surface area (Å²) in [5.41, 5.74) is 4.18. The largest absolute Gasteiger partial charge is 0.361 e. The van der Waals surface area contributed by atoms with E-state index < -0.39 is 0 Å². The van der Waals surface area contributed by atoms with Crippen molar-refractivity contribution in [3.8, 4) is 0 Å². The van der Waals surface area contributed by atoms with Crippen molar-refractivity contribution >= 4 is 34.0 Å². The van der Waals surface area contributed by atoms with E-state index in [9.17, 15) is 0 Å². The lowest BCUT2D eigenvalue weighted by Crippen LogP contribution is -2.03. The van der Waals surface area contributed by atoms with Crippen LogP contribution in [-0.4, -0.2) is 17.0 Å². The number of H-pyrrole nitrogens is 1. The third kappa shape index (κ3) is 2.86. The van der Waals surface area contributed by atoms with Crippen LogP contribution in [0.1, 0.15) is 11.3 Å². The molecule has 0 unspecified atom stereocenters. The van der Waals surface area contributed by atoms with Crippen LogP contribution in [0.25, 0.3) is 10.9 Å². The Bertz CT molecular complexity index is 779. The standard InChI is InChI=1S/C16H17ClN4/c1-10-14(17)5-6-16(20-10)21-12-3-4-13-11(8-18-2)9-19-15(13)7-12/h3-7,9,18-19H,8H2,1-2H3,(H,20,21). The Labute approximate surface area is 128 Å². The van der Waals surface area contributed by atoms with Crippen LogP contribution in [0.5, 0.6) is 0 Å². The molecule has 21 heavy (non-hydrogen) atoms. The number of hydrogen-bond acceptors (Lipinski definition) is 3. The van der Waals surface area contributed by atoms with Gasteiger partial charge in [-0.2, -0.15) is 0 Å². The third-order valence-corrected chi connectivity index (χ3v) is 3.83. The average molecular weight is 301 g/mol. The van der Waals surface area contributed by atoms with Crippen molar-refractivity contribution in [3.05, 3.63) is 52.8 Å². The highest BCUT2D eigenvalue weighted by molar-refractivity contribution is 6.31. The minimum atomic E-state index is 0.678. The molecule has 0 amide bonds. The highest BCUT2D eigenvalue weighted by Gasteiger charge is 2.05. The first-order chi connectivity index (χ1) is 10.2. The Morgan fingerprint density at radius 1 is 1.24 bits per heavy atom. The summed E-state index contributed by atoms with van der Waals surface area (Å²) >= 11 is 5.99. The Kier molecular flexibility index (Phi) is 3.82. The van der Waals surface area contributed by atoms with Gasteiger partial charge in [0.05, 0.1) is 10.7 Å². The molecule has 0 saturated carbocycles. The second-order valence-corrected chi connectivity index (χ2v) is 5.40. The lowest BCUT2D eigenvalue weighted by molar-refractivity contribution is 0.823. The van der Waals surface area contributed by atoms with E-state index in [1.54, 1.807) is 0 Å². The van der Waals surface area contributed by atoms with Gasteiger partial charge in [0.1, 0.15) is 5.82 Å². The fourth-order valence-electron chi connectivity index (χ4n) is 2.36. The van der Waals surface area contributed by atoms with E-state index in [4.69, 9.17) is 11.6 Å². The lowest BCUT2D eigenvalue weighted by atomic mass is 10.1. The fraction of sp³-hybridized carbons (Fsp3) is 0.188. The summed E-state index contributed by atoms with van der Waals surface area (Å²) in [5, 5.41) is 8.38. The van der Waals surface area contributed by atoms with E-state index >= 15 is 0 Å². The molecule has 0 fully saturated rings. The number of anilines is 2. The molecule has 108 valence electrons. The van der Waals surface area contributed by atoms with Crippen LogP contribution in [0, 0.1) is 6.92 Å². The number of aromatic nitrogens is 2. The van der Waals surface area contributed by atoms with Gasteiger partial charge in [-0.05, 0) is 43.8 Å². The van der Waals surface area contributed by atoms with Gasteiger partial charge in [0.25, 0.3) is 0 Å². The molecule has 3 rings (SSSR count).